The maximum absolute atomic E-state index is 11.2. The molecule has 1 aliphatic rings. The molecule has 17 heavy (non-hydrogen) atoms. The van der Waals surface area contributed by atoms with Crippen LogP contribution in [-0.4, -0.2) is 36.2 Å². The van der Waals surface area contributed by atoms with Crippen molar-refractivity contribution >= 4 is 5.91 Å². The standard InChI is InChI=1S/C11H18N4O2/c1-12-11(16)10-14-9(17-15-10)5-4-8-3-2-6-13-7-8/h8,13H,2-7H2,1H3,(H,12,16). The van der Waals surface area contributed by atoms with Crippen LogP contribution < -0.4 is 10.6 Å². The van der Waals surface area contributed by atoms with Crippen LogP contribution in [0, 0.1) is 5.92 Å². The van der Waals surface area contributed by atoms with Crippen molar-refractivity contribution < 1.29 is 9.32 Å². The van der Waals surface area contributed by atoms with Crippen LogP contribution in [0.4, 0.5) is 0 Å². The Bertz CT molecular complexity index is 371. The van der Waals surface area contributed by atoms with Crippen LogP contribution in [0.5, 0.6) is 0 Å². The molecule has 1 saturated heterocycles. The Morgan fingerprint density at radius 3 is 3.24 bits per heavy atom. The van der Waals surface area contributed by atoms with Crippen LogP contribution in [0.2, 0.25) is 0 Å². The lowest BCUT2D eigenvalue weighted by molar-refractivity contribution is 0.0950. The topological polar surface area (TPSA) is 80.0 Å². The maximum Gasteiger partial charge on any atom is 0.292 e. The first kappa shape index (κ1) is 12.0. The van der Waals surface area contributed by atoms with Crippen LogP contribution in [0.1, 0.15) is 35.8 Å². The highest BCUT2D eigenvalue weighted by atomic mass is 16.5. The Morgan fingerprint density at radius 1 is 1.65 bits per heavy atom. The second-order valence-electron chi connectivity index (χ2n) is 4.34. The van der Waals surface area contributed by atoms with E-state index in [1.807, 2.05) is 0 Å². The summed E-state index contributed by atoms with van der Waals surface area (Å²) in [5, 5.41) is 9.48. The third-order valence-electron chi connectivity index (χ3n) is 3.06. The molecule has 1 fully saturated rings. The van der Waals surface area contributed by atoms with Crippen molar-refractivity contribution in [1.82, 2.24) is 20.8 Å². The van der Waals surface area contributed by atoms with Crippen molar-refractivity contribution in [2.24, 2.45) is 5.92 Å². The van der Waals surface area contributed by atoms with E-state index in [1.165, 1.54) is 12.8 Å². The van der Waals surface area contributed by atoms with E-state index in [9.17, 15) is 4.79 Å². The molecule has 0 bridgehead atoms. The van der Waals surface area contributed by atoms with Crippen molar-refractivity contribution in [3.05, 3.63) is 11.7 Å². The lowest BCUT2D eigenvalue weighted by Crippen LogP contribution is -2.29. The normalized spacial score (nSPS) is 20.2. The Labute approximate surface area is 100 Å². The molecule has 1 amide bonds. The Hall–Kier alpha value is -1.43. The van der Waals surface area contributed by atoms with Crippen LogP contribution in [-0.2, 0) is 6.42 Å². The molecule has 0 radical (unpaired) electrons. The number of aromatic nitrogens is 2. The Morgan fingerprint density at radius 2 is 2.53 bits per heavy atom. The van der Waals surface area contributed by atoms with Gasteiger partial charge in [-0.3, -0.25) is 4.79 Å². The summed E-state index contributed by atoms with van der Waals surface area (Å²) in [7, 11) is 1.55. The highest BCUT2D eigenvalue weighted by molar-refractivity contribution is 5.89. The fraction of sp³-hybridized carbons (Fsp3) is 0.727. The van der Waals surface area contributed by atoms with Gasteiger partial charge in [0.1, 0.15) is 0 Å². The number of hydrogen-bond donors (Lipinski definition) is 2. The molecule has 1 aromatic heterocycles. The number of carbonyl (C=O) groups excluding carboxylic acids is 1. The van der Waals surface area contributed by atoms with E-state index in [0.29, 0.717) is 11.8 Å². The van der Waals surface area contributed by atoms with Gasteiger partial charge in [0.2, 0.25) is 5.89 Å². The fourth-order valence-corrected chi connectivity index (χ4v) is 2.06. The van der Waals surface area contributed by atoms with Crippen LogP contribution in [0.15, 0.2) is 4.52 Å². The molecule has 0 aromatic carbocycles. The number of hydrogen-bond acceptors (Lipinski definition) is 5. The lowest BCUT2D eigenvalue weighted by atomic mass is 9.95. The minimum absolute atomic E-state index is 0.115. The van der Waals surface area contributed by atoms with Crippen molar-refractivity contribution in [1.29, 1.82) is 0 Å². The van der Waals surface area contributed by atoms with E-state index < -0.39 is 0 Å². The molecule has 1 aliphatic heterocycles. The summed E-state index contributed by atoms with van der Waals surface area (Å²) in [4.78, 5) is 15.3. The number of amides is 1. The predicted molar refractivity (Wildman–Crippen MR) is 61.6 cm³/mol. The molecular weight excluding hydrogens is 220 g/mol. The predicted octanol–water partition coefficient (Wildman–Crippen LogP) is 0.361. The summed E-state index contributed by atoms with van der Waals surface area (Å²) >= 11 is 0. The SMILES string of the molecule is CNC(=O)c1noc(CCC2CCCNC2)n1. The van der Waals surface area contributed by atoms with Gasteiger partial charge >= 0.3 is 0 Å². The average Bonchev–Trinajstić information content (AvgIpc) is 2.85. The van der Waals surface area contributed by atoms with Gasteiger partial charge in [0.25, 0.3) is 11.7 Å². The van der Waals surface area contributed by atoms with E-state index >= 15 is 0 Å². The van der Waals surface area contributed by atoms with Gasteiger partial charge in [-0.05, 0) is 38.3 Å². The van der Waals surface area contributed by atoms with Gasteiger partial charge in [0.05, 0.1) is 0 Å². The summed E-state index contributed by atoms with van der Waals surface area (Å²) in [5.74, 6) is 1.04. The quantitative estimate of drug-likeness (QED) is 0.791. The number of piperidine rings is 1. The van der Waals surface area contributed by atoms with Crippen LogP contribution >= 0.6 is 0 Å². The van der Waals surface area contributed by atoms with E-state index in [-0.39, 0.29) is 11.7 Å². The molecule has 6 nitrogen and oxygen atoms in total. The first-order valence-electron chi connectivity index (χ1n) is 6.05. The molecule has 0 spiro atoms. The molecule has 0 aliphatic carbocycles. The van der Waals surface area contributed by atoms with E-state index in [1.54, 1.807) is 7.05 Å². The second-order valence-corrected chi connectivity index (χ2v) is 4.34. The van der Waals surface area contributed by atoms with Gasteiger partial charge in [-0.1, -0.05) is 5.16 Å². The summed E-state index contributed by atoms with van der Waals surface area (Å²) in [5.41, 5.74) is 0. The molecule has 94 valence electrons. The minimum atomic E-state index is -0.306. The van der Waals surface area contributed by atoms with E-state index in [0.717, 1.165) is 25.9 Å². The second kappa shape index (κ2) is 5.77. The van der Waals surface area contributed by atoms with Gasteiger partial charge in [0, 0.05) is 13.5 Å². The molecule has 6 heteroatoms. The first-order chi connectivity index (χ1) is 8.29. The fourth-order valence-electron chi connectivity index (χ4n) is 2.06. The number of nitrogens with zero attached hydrogens (tertiary/aromatic N) is 2. The van der Waals surface area contributed by atoms with Crippen LogP contribution in [0.3, 0.4) is 0 Å². The molecule has 2 rings (SSSR count). The summed E-state index contributed by atoms with van der Waals surface area (Å²) < 4.78 is 5.04. The van der Waals surface area contributed by atoms with Gasteiger partial charge < -0.3 is 15.2 Å². The minimum Gasteiger partial charge on any atom is -0.352 e. The van der Waals surface area contributed by atoms with Crippen molar-refractivity contribution in [3.8, 4) is 0 Å². The maximum atomic E-state index is 11.2. The summed E-state index contributed by atoms with van der Waals surface area (Å²) in [6, 6.07) is 0. The highest BCUT2D eigenvalue weighted by Crippen LogP contribution is 2.16. The van der Waals surface area contributed by atoms with E-state index in [4.69, 9.17) is 4.52 Å². The van der Waals surface area contributed by atoms with Gasteiger partial charge in [-0.2, -0.15) is 4.98 Å². The molecule has 1 aromatic rings. The third kappa shape index (κ3) is 3.26. The van der Waals surface area contributed by atoms with Gasteiger partial charge in [0.15, 0.2) is 0 Å². The van der Waals surface area contributed by atoms with Crippen LogP contribution in [0.25, 0.3) is 0 Å². The Balaban J connectivity index is 1.82. The molecule has 1 atom stereocenters. The van der Waals surface area contributed by atoms with Crippen molar-refractivity contribution in [3.63, 3.8) is 0 Å². The van der Waals surface area contributed by atoms with E-state index in [2.05, 4.69) is 20.8 Å². The summed E-state index contributed by atoms with van der Waals surface area (Å²) in [6.07, 6.45) is 4.26. The molecule has 1 unspecified atom stereocenters. The summed E-state index contributed by atoms with van der Waals surface area (Å²) in [6.45, 7) is 2.19. The zero-order chi connectivity index (χ0) is 12.1. The highest BCUT2D eigenvalue weighted by Gasteiger charge is 2.16. The van der Waals surface area contributed by atoms with Gasteiger partial charge in [-0.25, -0.2) is 0 Å². The smallest absolute Gasteiger partial charge is 0.292 e. The lowest BCUT2D eigenvalue weighted by Gasteiger charge is -2.21. The monoisotopic (exact) mass is 238 g/mol. The third-order valence-corrected chi connectivity index (χ3v) is 3.06. The molecule has 2 heterocycles. The zero-order valence-corrected chi connectivity index (χ0v) is 10.0. The molecular formula is C11H18N4O2. The largest absolute Gasteiger partial charge is 0.352 e. The number of rotatable bonds is 4. The zero-order valence-electron chi connectivity index (χ0n) is 10.0. The molecule has 2 N–H and O–H groups in total. The Kier molecular flexibility index (Phi) is 4.08. The van der Waals surface area contributed by atoms with Crippen molar-refractivity contribution in [2.75, 3.05) is 20.1 Å². The molecule has 0 saturated carbocycles. The number of nitrogens with one attached hydrogen (secondary N) is 2. The first-order valence-corrected chi connectivity index (χ1v) is 6.05. The van der Waals surface area contributed by atoms with Gasteiger partial charge in [-0.15, -0.1) is 0 Å². The number of carbonyl (C=O) groups is 1. The number of aryl methyl sites for hydroxylation is 1. The van der Waals surface area contributed by atoms with Crippen molar-refractivity contribution in [2.45, 2.75) is 25.7 Å². The average molecular weight is 238 g/mol.